The van der Waals surface area contributed by atoms with Gasteiger partial charge in [0.05, 0.1) is 0 Å². The van der Waals surface area contributed by atoms with Crippen LogP contribution in [0.1, 0.15) is 116 Å². The number of hydrogen-bond acceptors (Lipinski definition) is 0. The zero-order chi connectivity index (χ0) is 23.4. The predicted octanol–water partition coefficient (Wildman–Crippen LogP) is 9.58. The zero-order valence-corrected chi connectivity index (χ0v) is 23.4. The Morgan fingerprint density at radius 2 is 1.43 bits per heavy atom. The minimum atomic E-state index is 0.408. The Morgan fingerprint density at radius 1 is 0.900 bits per heavy atom. The SMILES string of the molecule is CCC(C)C(C1CC(C)C1C1CC1(C)C(C)(C)C(C)C(C)C(C)C)C(C)C(C)(C)C. The summed E-state index contributed by atoms with van der Waals surface area (Å²) in [7, 11) is 0. The second-order valence-corrected chi connectivity index (χ2v) is 14.4. The average Bonchev–Trinajstić information content (AvgIpc) is 3.30. The molecule has 0 bridgehead atoms. The molecule has 30 heavy (non-hydrogen) atoms. The Morgan fingerprint density at radius 3 is 1.83 bits per heavy atom. The third-order valence-electron chi connectivity index (χ3n) is 11.8. The lowest BCUT2D eigenvalue weighted by Gasteiger charge is -2.55. The molecule has 2 fully saturated rings. The summed E-state index contributed by atoms with van der Waals surface area (Å²) in [5.41, 5.74) is 1.35. The summed E-state index contributed by atoms with van der Waals surface area (Å²) in [6, 6.07) is 0. The first-order chi connectivity index (χ1) is 13.5. The molecule has 0 saturated heterocycles. The van der Waals surface area contributed by atoms with Crippen molar-refractivity contribution < 1.29 is 0 Å². The molecule has 0 nitrogen and oxygen atoms in total. The monoisotopic (exact) mass is 418 g/mol. The van der Waals surface area contributed by atoms with Crippen molar-refractivity contribution >= 4 is 0 Å². The lowest BCUT2D eigenvalue weighted by Crippen LogP contribution is -2.49. The highest BCUT2D eigenvalue weighted by atomic mass is 14.7. The van der Waals surface area contributed by atoms with Gasteiger partial charge in [0.1, 0.15) is 0 Å². The van der Waals surface area contributed by atoms with Gasteiger partial charge in [0.2, 0.25) is 0 Å². The smallest absolute Gasteiger partial charge is 0.0238 e. The Kier molecular flexibility index (Phi) is 7.65. The molecular weight excluding hydrogens is 360 g/mol. The van der Waals surface area contributed by atoms with E-state index in [1.807, 2.05) is 0 Å². The molecule has 0 aromatic rings. The van der Waals surface area contributed by atoms with Crippen molar-refractivity contribution in [1.82, 2.24) is 0 Å². The van der Waals surface area contributed by atoms with Crippen LogP contribution in [0.25, 0.3) is 0 Å². The molecule has 0 aromatic carbocycles. The minimum absolute atomic E-state index is 0.408. The van der Waals surface area contributed by atoms with E-state index in [4.69, 9.17) is 0 Å². The molecule has 0 heteroatoms. The highest BCUT2D eigenvalue weighted by Crippen LogP contribution is 2.73. The van der Waals surface area contributed by atoms with E-state index in [9.17, 15) is 0 Å². The first-order valence-electron chi connectivity index (χ1n) is 13.5. The fourth-order valence-corrected chi connectivity index (χ4v) is 7.67. The van der Waals surface area contributed by atoms with Crippen LogP contribution in [0.4, 0.5) is 0 Å². The third-order valence-corrected chi connectivity index (χ3v) is 11.8. The predicted molar refractivity (Wildman–Crippen MR) is 135 cm³/mol. The molecule has 10 atom stereocenters. The lowest BCUT2D eigenvalue weighted by atomic mass is 9.50. The summed E-state index contributed by atoms with van der Waals surface area (Å²) in [6.07, 6.45) is 4.28. The molecule has 0 radical (unpaired) electrons. The summed E-state index contributed by atoms with van der Waals surface area (Å²) >= 11 is 0. The van der Waals surface area contributed by atoms with Crippen molar-refractivity contribution in [2.24, 2.45) is 75.4 Å². The molecule has 0 amide bonds. The van der Waals surface area contributed by atoms with Gasteiger partial charge in [0, 0.05) is 0 Å². The molecule has 2 aliphatic rings. The molecule has 2 rings (SSSR count). The van der Waals surface area contributed by atoms with E-state index < -0.39 is 0 Å². The lowest BCUT2D eigenvalue weighted by molar-refractivity contribution is -0.0646. The Bertz CT molecular complexity index is 563. The molecule has 10 unspecified atom stereocenters. The van der Waals surface area contributed by atoms with E-state index in [0.717, 1.165) is 59.2 Å². The quantitative estimate of drug-likeness (QED) is 0.349. The fraction of sp³-hybridized carbons (Fsp3) is 1.00. The fourth-order valence-electron chi connectivity index (χ4n) is 7.67. The third kappa shape index (κ3) is 4.41. The molecule has 0 heterocycles. The van der Waals surface area contributed by atoms with Crippen molar-refractivity contribution in [3.8, 4) is 0 Å². The van der Waals surface area contributed by atoms with Gasteiger partial charge in [-0.15, -0.1) is 0 Å². The summed E-state index contributed by atoms with van der Waals surface area (Å²) in [4.78, 5) is 0. The van der Waals surface area contributed by atoms with E-state index in [1.54, 1.807) is 0 Å². The van der Waals surface area contributed by atoms with Gasteiger partial charge >= 0.3 is 0 Å². The zero-order valence-electron chi connectivity index (χ0n) is 23.4. The van der Waals surface area contributed by atoms with Crippen LogP contribution in [0.2, 0.25) is 0 Å². The number of rotatable bonds is 9. The van der Waals surface area contributed by atoms with Gasteiger partial charge in [-0.05, 0) is 88.3 Å². The summed E-state index contributed by atoms with van der Waals surface area (Å²) in [5.74, 6) is 8.65. The topological polar surface area (TPSA) is 0 Å². The summed E-state index contributed by atoms with van der Waals surface area (Å²) in [5, 5.41) is 0. The van der Waals surface area contributed by atoms with Crippen molar-refractivity contribution in [2.75, 3.05) is 0 Å². The Labute approximate surface area is 191 Å². The second kappa shape index (κ2) is 8.74. The number of hydrogen-bond donors (Lipinski definition) is 0. The Balaban J connectivity index is 2.26. The highest BCUT2D eigenvalue weighted by Gasteiger charge is 2.67. The van der Waals surface area contributed by atoms with Gasteiger partial charge in [0.15, 0.2) is 0 Å². The van der Waals surface area contributed by atoms with Crippen LogP contribution in [0.5, 0.6) is 0 Å². The van der Waals surface area contributed by atoms with E-state index in [2.05, 4.69) is 96.9 Å². The maximum atomic E-state index is 2.66. The van der Waals surface area contributed by atoms with Gasteiger partial charge in [-0.2, -0.15) is 0 Å². The van der Waals surface area contributed by atoms with Crippen LogP contribution >= 0.6 is 0 Å². The van der Waals surface area contributed by atoms with Crippen LogP contribution in [0.3, 0.4) is 0 Å². The molecule has 178 valence electrons. The van der Waals surface area contributed by atoms with E-state index >= 15 is 0 Å². The van der Waals surface area contributed by atoms with Crippen LogP contribution in [-0.2, 0) is 0 Å². The summed E-state index contributed by atoms with van der Waals surface area (Å²) < 4.78 is 0. The summed E-state index contributed by atoms with van der Waals surface area (Å²) in [6.45, 7) is 35.3. The van der Waals surface area contributed by atoms with Gasteiger partial charge < -0.3 is 0 Å². The van der Waals surface area contributed by atoms with Crippen molar-refractivity contribution in [1.29, 1.82) is 0 Å². The highest BCUT2D eigenvalue weighted by molar-refractivity contribution is 5.15. The van der Waals surface area contributed by atoms with E-state index in [-0.39, 0.29) is 0 Å². The molecule has 0 aromatic heterocycles. The van der Waals surface area contributed by atoms with Crippen molar-refractivity contribution in [3.63, 3.8) is 0 Å². The van der Waals surface area contributed by atoms with Crippen LogP contribution in [-0.4, -0.2) is 0 Å². The van der Waals surface area contributed by atoms with Crippen LogP contribution in [0.15, 0.2) is 0 Å². The molecule has 0 N–H and O–H groups in total. The van der Waals surface area contributed by atoms with E-state index in [1.165, 1.54) is 19.3 Å². The largest absolute Gasteiger partial charge is 0.0651 e. The maximum Gasteiger partial charge on any atom is -0.0238 e. The first-order valence-corrected chi connectivity index (χ1v) is 13.5. The average molecular weight is 419 g/mol. The van der Waals surface area contributed by atoms with E-state index in [0.29, 0.717) is 16.2 Å². The molecule has 2 saturated carbocycles. The first kappa shape index (κ1) is 26.3. The second-order valence-electron chi connectivity index (χ2n) is 14.4. The van der Waals surface area contributed by atoms with Crippen molar-refractivity contribution in [3.05, 3.63) is 0 Å². The minimum Gasteiger partial charge on any atom is -0.0651 e. The molecule has 0 aliphatic heterocycles. The normalized spacial score (nSPS) is 37.3. The van der Waals surface area contributed by atoms with Gasteiger partial charge in [-0.25, -0.2) is 0 Å². The van der Waals surface area contributed by atoms with Crippen molar-refractivity contribution in [2.45, 2.75) is 116 Å². The molecule has 0 spiro atoms. The molecular formula is C30H58. The van der Waals surface area contributed by atoms with Crippen LogP contribution < -0.4 is 0 Å². The molecule has 2 aliphatic carbocycles. The van der Waals surface area contributed by atoms with Gasteiger partial charge in [-0.1, -0.05) is 103 Å². The Hall–Kier alpha value is 0. The van der Waals surface area contributed by atoms with Gasteiger partial charge in [-0.3, -0.25) is 0 Å². The van der Waals surface area contributed by atoms with Gasteiger partial charge in [0.25, 0.3) is 0 Å². The van der Waals surface area contributed by atoms with Crippen LogP contribution in [0, 0.1) is 75.4 Å². The maximum absolute atomic E-state index is 2.66. The standard InChI is InChI=1S/C30H58/c1-15-19(4)26(23(8)28(9,10)11)24-16-20(5)27(24)25-17-30(25,14)29(12,13)22(7)21(6)18(2)3/h18-27H,15-17H2,1-14H3.